The van der Waals surface area contributed by atoms with E-state index in [1.54, 1.807) is 0 Å². The summed E-state index contributed by atoms with van der Waals surface area (Å²) < 4.78 is 0. The molecule has 14 heavy (non-hydrogen) atoms. The molecule has 0 bridgehead atoms. The Morgan fingerprint density at radius 1 is 0.857 bits per heavy atom. The summed E-state index contributed by atoms with van der Waals surface area (Å²) in [5, 5.41) is 0. The molecule has 0 aromatic heterocycles. The summed E-state index contributed by atoms with van der Waals surface area (Å²) >= 11 is 0. The average molecular weight is 224 g/mol. The van der Waals surface area contributed by atoms with Gasteiger partial charge in [0.05, 0.1) is 0 Å². The summed E-state index contributed by atoms with van der Waals surface area (Å²) in [5.74, 6) is 1.17. The summed E-state index contributed by atoms with van der Waals surface area (Å²) in [4.78, 5) is 0. The Balaban J connectivity index is 0.000000246. The van der Waals surface area contributed by atoms with Crippen molar-refractivity contribution in [3.63, 3.8) is 0 Å². The minimum atomic E-state index is 0. The summed E-state index contributed by atoms with van der Waals surface area (Å²) in [6, 6.07) is 0. The van der Waals surface area contributed by atoms with Crippen LogP contribution in [0.3, 0.4) is 0 Å². The van der Waals surface area contributed by atoms with E-state index in [1.807, 2.05) is 63.9 Å². The van der Waals surface area contributed by atoms with Crippen LogP contribution in [0.2, 0.25) is 0 Å². The van der Waals surface area contributed by atoms with Gasteiger partial charge in [0.2, 0.25) is 0 Å². The minimum absolute atomic E-state index is 0. The van der Waals surface area contributed by atoms with Gasteiger partial charge >= 0.3 is 17.1 Å². The molecule has 0 heterocycles. The molecule has 1 heteroatoms. The molecule has 0 saturated heterocycles. The third-order valence-electron chi connectivity index (χ3n) is 1.51. The number of hydrogen-bond acceptors (Lipinski definition) is 0. The maximum absolute atomic E-state index is 3.46. The van der Waals surface area contributed by atoms with Crippen LogP contribution in [0.15, 0.2) is 18.4 Å². The Morgan fingerprint density at radius 2 is 1.29 bits per heavy atom. The molecule has 0 unspecified atom stereocenters. The van der Waals surface area contributed by atoms with Gasteiger partial charge in [-0.3, -0.25) is 0 Å². The van der Waals surface area contributed by atoms with Crippen LogP contribution in [0.1, 0.15) is 0 Å². The average Bonchev–Trinajstić information content (AvgIpc) is 2.79. The zero-order chi connectivity index (χ0) is 9.36. The quantitative estimate of drug-likeness (QED) is 0.474. The van der Waals surface area contributed by atoms with Gasteiger partial charge in [-0.2, -0.15) is 0 Å². The van der Waals surface area contributed by atoms with E-state index >= 15 is 0 Å². The van der Waals surface area contributed by atoms with Gasteiger partial charge < -0.3 is 0 Å². The van der Waals surface area contributed by atoms with Gasteiger partial charge in [-0.25, -0.2) is 0 Å². The van der Waals surface area contributed by atoms with E-state index in [4.69, 9.17) is 0 Å². The van der Waals surface area contributed by atoms with Crippen molar-refractivity contribution in [3.05, 3.63) is 82.1 Å². The van der Waals surface area contributed by atoms with E-state index < -0.39 is 0 Å². The molecule has 0 aliphatic heterocycles. The molecule has 0 nitrogen and oxygen atoms in total. The smallest absolute Gasteiger partial charge is 0.132 e. The van der Waals surface area contributed by atoms with Crippen LogP contribution in [0.4, 0.5) is 0 Å². The molecule has 2 aliphatic rings. The van der Waals surface area contributed by atoms with Gasteiger partial charge in [-0.1, -0.05) is 6.58 Å². The fourth-order valence-electron chi connectivity index (χ4n) is 0.924. The molecule has 0 spiro atoms. The molecule has 2 rings (SSSR count). The fourth-order valence-corrected chi connectivity index (χ4v) is 0.924. The third kappa shape index (κ3) is 6.49. The molecule has 70 valence electrons. The standard InChI is InChI=1S/C8H7.C5H5.Fe/c1-2-5-8-6-3-4-7-8;1-2-4-5-3-1;/h3-7H,1H2;1-5H;/q;;+2. The molecule has 0 aromatic carbocycles. The molecule has 2 fully saturated rings. The first kappa shape index (κ1) is 14.0. The molecule has 0 atom stereocenters. The van der Waals surface area contributed by atoms with Crippen LogP contribution in [-0.4, -0.2) is 0 Å². The van der Waals surface area contributed by atoms with Crippen molar-refractivity contribution in [2.45, 2.75) is 0 Å². The van der Waals surface area contributed by atoms with Crippen LogP contribution < -0.4 is 0 Å². The Morgan fingerprint density at radius 3 is 1.64 bits per heavy atom. The van der Waals surface area contributed by atoms with E-state index in [1.165, 1.54) is 5.92 Å². The van der Waals surface area contributed by atoms with Crippen molar-refractivity contribution in [1.82, 2.24) is 0 Å². The zero-order valence-electron chi connectivity index (χ0n) is 7.83. The first-order valence-corrected chi connectivity index (χ1v) is 4.17. The second kappa shape index (κ2) is 9.59. The Hall–Kier alpha value is 0.0395. The Kier molecular flexibility index (Phi) is 9.62. The first-order chi connectivity index (χ1) is 6.43. The molecule has 2 aliphatic carbocycles. The number of allylic oxidation sites excluding steroid dienone is 1. The maximum Gasteiger partial charge on any atom is 2.00 e. The van der Waals surface area contributed by atoms with Crippen molar-refractivity contribution >= 4 is 0 Å². The predicted octanol–water partition coefficient (Wildman–Crippen LogP) is 2.75. The maximum atomic E-state index is 3.46. The van der Waals surface area contributed by atoms with Crippen molar-refractivity contribution < 1.29 is 17.1 Å². The van der Waals surface area contributed by atoms with Gasteiger partial charge in [0.1, 0.15) is 0 Å². The number of rotatable bonds is 1. The van der Waals surface area contributed by atoms with Gasteiger partial charge in [0.15, 0.2) is 0 Å². The van der Waals surface area contributed by atoms with Crippen LogP contribution in [-0.2, 0) is 17.1 Å². The van der Waals surface area contributed by atoms with Gasteiger partial charge in [0, 0.05) is 5.92 Å². The van der Waals surface area contributed by atoms with Gasteiger partial charge in [-0.15, -0.1) is 5.73 Å². The fraction of sp³-hybridized carbons (Fsp3) is 0. The van der Waals surface area contributed by atoms with E-state index in [2.05, 4.69) is 12.3 Å². The molecule has 0 N–H and O–H groups in total. The van der Waals surface area contributed by atoms with Crippen LogP contribution in [0, 0.1) is 63.7 Å². The van der Waals surface area contributed by atoms with Crippen molar-refractivity contribution in [3.8, 4) is 0 Å². The molecular weight excluding hydrogens is 212 g/mol. The second-order valence-corrected chi connectivity index (χ2v) is 2.53. The molecule has 2 saturated carbocycles. The largest absolute Gasteiger partial charge is 2.00 e. The Bertz CT molecular complexity index is 150. The van der Waals surface area contributed by atoms with Crippen LogP contribution in [0.25, 0.3) is 0 Å². The zero-order valence-corrected chi connectivity index (χ0v) is 8.94. The van der Waals surface area contributed by atoms with E-state index in [0.29, 0.717) is 0 Å². The van der Waals surface area contributed by atoms with Gasteiger partial charge in [0.25, 0.3) is 0 Å². The topological polar surface area (TPSA) is 0 Å². The van der Waals surface area contributed by atoms with Gasteiger partial charge in [-0.05, 0) is 63.9 Å². The second-order valence-electron chi connectivity index (χ2n) is 2.53. The minimum Gasteiger partial charge on any atom is -0.132 e. The van der Waals surface area contributed by atoms with E-state index in [9.17, 15) is 0 Å². The molecule has 10 radical (unpaired) electrons. The molecular formula is C13H12Fe+2. The van der Waals surface area contributed by atoms with E-state index in [-0.39, 0.29) is 17.1 Å². The SMILES string of the molecule is C=C=C[C]1[CH][CH][CH][CH]1.[CH]1[CH][CH][CH][CH]1.[Fe+2]. The summed E-state index contributed by atoms with van der Waals surface area (Å²) in [6.07, 6.45) is 19.8. The molecule has 0 aromatic rings. The predicted molar refractivity (Wildman–Crippen MR) is 55.7 cm³/mol. The first-order valence-electron chi connectivity index (χ1n) is 4.17. The summed E-state index contributed by atoms with van der Waals surface area (Å²) in [6.45, 7) is 3.46. The summed E-state index contributed by atoms with van der Waals surface area (Å²) in [7, 11) is 0. The normalized spacial score (nSPS) is 20.3. The number of hydrogen-bond donors (Lipinski definition) is 0. The Labute approximate surface area is 99.3 Å². The van der Waals surface area contributed by atoms with Crippen LogP contribution >= 0.6 is 0 Å². The monoisotopic (exact) mass is 224 g/mol. The van der Waals surface area contributed by atoms with Crippen molar-refractivity contribution in [2.75, 3.05) is 0 Å². The van der Waals surface area contributed by atoms with Crippen molar-refractivity contribution in [2.24, 2.45) is 0 Å². The third-order valence-corrected chi connectivity index (χ3v) is 1.51. The van der Waals surface area contributed by atoms with Crippen molar-refractivity contribution in [1.29, 1.82) is 0 Å². The van der Waals surface area contributed by atoms with Crippen LogP contribution in [0.5, 0.6) is 0 Å². The summed E-state index contributed by atoms with van der Waals surface area (Å²) in [5.41, 5.74) is 2.70. The molecule has 0 amide bonds. The van der Waals surface area contributed by atoms with E-state index in [0.717, 1.165) is 0 Å².